The number of hydrogen-bond acceptors (Lipinski definition) is 3. The van der Waals surface area contributed by atoms with Gasteiger partial charge in [-0.25, -0.2) is 0 Å². The number of fused-ring (bicyclic) bond motifs is 7. The van der Waals surface area contributed by atoms with Gasteiger partial charge in [0.2, 0.25) is 0 Å². The van der Waals surface area contributed by atoms with E-state index in [-0.39, 0.29) is 0 Å². The van der Waals surface area contributed by atoms with Crippen molar-refractivity contribution in [3.63, 3.8) is 0 Å². The average Bonchev–Trinajstić information content (AvgIpc) is 3.84. The molecule has 0 aliphatic heterocycles. The van der Waals surface area contributed by atoms with Gasteiger partial charge in [0.25, 0.3) is 0 Å². The molecule has 55 heavy (non-hydrogen) atoms. The Labute approximate surface area is 319 Å². The number of anilines is 3. The Bertz CT molecular complexity index is 3110. The topological polar surface area (TPSA) is 29.5 Å². The van der Waals surface area contributed by atoms with Gasteiger partial charge in [0.05, 0.1) is 11.4 Å². The smallest absolute Gasteiger partial charge is 0.159 e. The van der Waals surface area contributed by atoms with Crippen LogP contribution in [0.1, 0.15) is 36.8 Å². The SMILES string of the molecule is C1=CCCC(c2ccc(N(c3ccc(-c4cccc5c4oc4ccccc45)c(C4=CCCC=C4)c3)c3cccc4c3oc3ccccc34)c3ccccc23)=C1. The molecule has 7 aromatic carbocycles. The number of hydrogen-bond donors (Lipinski definition) is 0. The Morgan fingerprint density at radius 3 is 1.91 bits per heavy atom. The van der Waals surface area contributed by atoms with E-state index in [1.165, 1.54) is 33.0 Å². The molecule has 9 aromatic rings. The van der Waals surface area contributed by atoms with Crippen LogP contribution in [-0.4, -0.2) is 0 Å². The number of furan rings is 2. The van der Waals surface area contributed by atoms with Crippen LogP contribution in [-0.2, 0) is 0 Å². The Hall–Kier alpha value is -6.84. The molecule has 2 aliphatic carbocycles. The van der Waals surface area contributed by atoms with Gasteiger partial charge in [0, 0.05) is 38.2 Å². The Kier molecular flexibility index (Phi) is 7.44. The molecule has 0 unspecified atom stereocenters. The molecule has 262 valence electrons. The van der Waals surface area contributed by atoms with Crippen molar-refractivity contribution in [2.45, 2.75) is 25.7 Å². The van der Waals surface area contributed by atoms with Crippen LogP contribution in [0.2, 0.25) is 0 Å². The molecule has 11 rings (SSSR count). The minimum absolute atomic E-state index is 0.867. The highest BCUT2D eigenvalue weighted by Gasteiger charge is 2.24. The van der Waals surface area contributed by atoms with Crippen LogP contribution in [0.25, 0.3) is 76.9 Å². The molecule has 0 radical (unpaired) electrons. The van der Waals surface area contributed by atoms with Crippen molar-refractivity contribution in [1.29, 1.82) is 0 Å². The molecule has 0 spiro atoms. The van der Waals surface area contributed by atoms with Crippen LogP contribution in [0.4, 0.5) is 17.1 Å². The summed E-state index contributed by atoms with van der Waals surface area (Å²) in [4.78, 5) is 2.41. The second kappa shape index (κ2) is 12.9. The number of nitrogens with zero attached hydrogens (tertiary/aromatic N) is 1. The molecule has 2 aliphatic rings. The Morgan fingerprint density at radius 2 is 1.15 bits per heavy atom. The summed E-state index contributed by atoms with van der Waals surface area (Å²) < 4.78 is 13.4. The molecule has 0 bridgehead atoms. The molecule has 2 heterocycles. The van der Waals surface area contributed by atoms with Crippen molar-refractivity contribution in [3.05, 3.63) is 187 Å². The first-order valence-electron chi connectivity index (χ1n) is 19.3. The first-order chi connectivity index (χ1) is 27.3. The van der Waals surface area contributed by atoms with Crippen molar-refractivity contribution in [1.82, 2.24) is 0 Å². The van der Waals surface area contributed by atoms with Crippen LogP contribution in [0.3, 0.4) is 0 Å². The van der Waals surface area contributed by atoms with Crippen LogP contribution >= 0.6 is 0 Å². The van der Waals surface area contributed by atoms with E-state index >= 15 is 0 Å². The summed E-state index contributed by atoms with van der Waals surface area (Å²) in [6, 6.07) is 50.1. The van der Waals surface area contributed by atoms with Crippen LogP contribution in [0, 0.1) is 0 Å². The zero-order valence-corrected chi connectivity index (χ0v) is 30.3. The second-order valence-corrected chi connectivity index (χ2v) is 14.6. The highest BCUT2D eigenvalue weighted by molar-refractivity contribution is 6.13. The summed E-state index contributed by atoms with van der Waals surface area (Å²) in [7, 11) is 0. The van der Waals surface area contributed by atoms with Crippen molar-refractivity contribution >= 4 is 82.9 Å². The lowest BCUT2D eigenvalue weighted by molar-refractivity contribution is 0.669. The Morgan fingerprint density at radius 1 is 0.455 bits per heavy atom. The quantitative estimate of drug-likeness (QED) is 0.172. The third-order valence-corrected chi connectivity index (χ3v) is 11.4. The maximum absolute atomic E-state index is 6.76. The molecule has 3 nitrogen and oxygen atoms in total. The summed E-state index contributed by atoms with van der Waals surface area (Å²) in [5, 5.41) is 6.92. The summed E-state index contributed by atoms with van der Waals surface area (Å²) in [6.07, 6.45) is 17.8. The van der Waals surface area contributed by atoms with E-state index in [1.54, 1.807) is 0 Å². The number of rotatable bonds is 6. The minimum atomic E-state index is 0.867. The maximum atomic E-state index is 6.76. The predicted molar refractivity (Wildman–Crippen MR) is 231 cm³/mol. The molecule has 0 saturated carbocycles. The third-order valence-electron chi connectivity index (χ3n) is 11.4. The van der Waals surface area contributed by atoms with Crippen molar-refractivity contribution in [3.8, 4) is 11.1 Å². The number of para-hydroxylation sites is 4. The minimum Gasteiger partial charge on any atom is -0.455 e. The van der Waals surface area contributed by atoms with Crippen LogP contribution in [0.15, 0.2) is 185 Å². The fraction of sp³-hybridized carbons (Fsp3) is 0.0769. The lowest BCUT2D eigenvalue weighted by Gasteiger charge is -2.29. The van der Waals surface area contributed by atoms with Crippen molar-refractivity contribution < 1.29 is 8.83 Å². The normalized spacial score (nSPS) is 14.3. The summed E-state index contributed by atoms with van der Waals surface area (Å²) in [6.45, 7) is 0. The van der Waals surface area contributed by atoms with Gasteiger partial charge in [0.1, 0.15) is 16.7 Å². The van der Waals surface area contributed by atoms with Gasteiger partial charge in [-0.2, -0.15) is 0 Å². The van der Waals surface area contributed by atoms with E-state index in [2.05, 4.69) is 169 Å². The lowest BCUT2D eigenvalue weighted by Crippen LogP contribution is -2.12. The third kappa shape index (κ3) is 5.19. The summed E-state index contributed by atoms with van der Waals surface area (Å²) >= 11 is 0. The zero-order valence-electron chi connectivity index (χ0n) is 30.3. The largest absolute Gasteiger partial charge is 0.455 e. The van der Waals surface area contributed by atoms with Gasteiger partial charge in [-0.3, -0.25) is 0 Å². The molecule has 0 N–H and O–H groups in total. The number of allylic oxidation sites excluding steroid dienone is 8. The summed E-state index contributed by atoms with van der Waals surface area (Å²) in [5.41, 5.74) is 14.0. The summed E-state index contributed by atoms with van der Waals surface area (Å²) in [5.74, 6) is 0. The van der Waals surface area contributed by atoms with Crippen LogP contribution in [0.5, 0.6) is 0 Å². The van der Waals surface area contributed by atoms with E-state index in [1.807, 2.05) is 12.1 Å². The molecule has 0 amide bonds. The standard InChI is InChI=1S/C52H37NO2/c1-3-15-34(16-4-1)37-31-32-47(40-20-8-7-19-38(37)40)53(48-26-14-25-45-42-22-10-12-28-50(42)55-52(45)48)36-29-30-39(46(33-36)35-17-5-2-6-18-35)43-23-13-24-44-41-21-9-11-27-49(41)54-51(43)44/h1,3,5,7-15,17-33H,2,4,6,16H2. The fourth-order valence-electron chi connectivity index (χ4n) is 8.82. The van der Waals surface area contributed by atoms with Gasteiger partial charge in [-0.15, -0.1) is 0 Å². The fourth-order valence-corrected chi connectivity index (χ4v) is 8.82. The van der Waals surface area contributed by atoms with E-state index in [0.717, 1.165) is 97.7 Å². The first kappa shape index (κ1) is 31.7. The molecular formula is C52H37NO2. The lowest BCUT2D eigenvalue weighted by atomic mass is 9.89. The van der Waals surface area contributed by atoms with Gasteiger partial charge < -0.3 is 13.7 Å². The molecule has 2 aromatic heterocycles. The van der Waals surface area contributed by atoms with Crippen LogP contribution < -0.4 is 4.90 Å². The van der Waals surface area contributed by atoms with Gasteiger partial charge in [0.15, 0.2) is 5.58 Å². The van der Waals surface area contributed by atoms with E-state index in [4.69, 9.17) is 8.83 Å². The predicted octanol–water partition coefficient (Wildman–Crippen LogP) is 15.2. The van der Waals surface area contributed by atoms with Gasteiger partial charge >= 0.3 is 0 Å². The van der Waals surface area contributed by atoms with E-state index < -0.39 is 0 Å². The Balaban J connectivity index is 1.19. The number of benzene rings is 7. The van der Waals surface area contributed by atoms with Gasteiger partial charge in [-0.1, -0.05) is 140 Å². The van der Waals surface area contributed by atoms with Gasteiger partial charge in [-0.05, 0) is 95.3 Å². The maximum Gasteiger partial charge on any atom is 0.159 e. The van der Waals surface area contributed by atoms with Crippen molar-refractivity contribution in [2.75, 3.05) is 4.90 Å². The second-order valence-electron chi connectivity index (χ2n) is 14.6. The van der Waals surface area contributed by atoms with E-state index in [0.29, 0.717) is 0 Å². The van der Waals surface area contributed by atoms with Crippen molar-refractivity contribution in [2.24, 2.45) is 0 Å². The highest BCUT2D eigenvalue weighted by atomic mass is 16.3. The molecule has 3 heteroatoms. The molecular weight excluding hydrogens is 671 g/mol. The zero-order chi connectivity index (χ0) is 36.3. The first-order valence-corrected chi connectivity index (χ1v) is 19.3. The highest BCUT2D eigenvalue weighted by Crippen LogP contribution is 2.48. The molecule has 0 fully saturated rings. The monoisotopic (exact) mass is 707 g/mol. The van der Waals surface area contributed by atoms with E-state index in [9.17, 15) is 0 Å². The molecule has 0 saturated heterocycles. The average molecular weight is 708 g/mol. The molecule has 0 atom stereocenters.